The average Bonchev–Trinajstić information content (AvgIpc) is 3.46. The minimum Gasteiger partial charge on any atom is -0.467 e. The zero-order valence-electron chi connectivity index (χ0n) is 24.4. The van der Waals surface area contributed by atoms with Gasteiger partial charge in [-0.3, -0.25) is 10.00 Å². The predicted octanol–water partition coefficient (Wildman–Crippen LogP) is 4.39. The van der Waals surface area contributed by atoms with Crippen molar-refractivity contribution >= 4 is 29.5 Å². The summed E-state index contributed by atoms with van der Waals surface area (Å²) in [5.41, 5.74) is 1.40. The number of hydrogen-bond acceptors (Lipinski definition) is 12. The van der Waals surface area contributed by atoms with E-state index in [0.29, 0.717) is 53.9 Å². The summed E-state index contributed by atoms with van der Waals surface area (Å²) in [6.45, 7) is 2.98. The van der Waals surface area contributed by atoms with E-state index in [9.17, 15) is 15.2 Å². The Morgan fingerprint density at radius 3 is 2.43 bits per heavy atom. The van der Waals surface area contributed by atoms with E-state index < -0.39 is 11.7 Å². The lowest BCUT2D eigenvalue weighted by molar-refractivity contribution is 0.00808. The van der Waals surface area contributed by atoms with Crippen LogP contribution >= 0.6 is 11.6 Å². The number of rotatable bonds is 9. The second-order valence-electron chi connectivity index (χ2n) is 10.9. The Balaban J connectivity index is 1.30. The second kappa shape index (κ2) is 13.2. The molecule has 0 radical (unpaired) electrons. The molecule has 0 unspecified atom stereocenters. The Kier molecular flexibility index (Phi) is 9.17. The van der Waals surface area contributed by atoms with E-state index in [-0.39, 0.29) is 30.3 Å². The number of carbonyl (C=O) groups is 1. The van der Waals surface area contributed by atoms with Crippen molar-refractivity contribution < 1.29 is 19.4 Å². The minimum absolute atomic E-state index is 0.0175. The molecule has 14 nitrogen and oxygen atoms in total. The van der Waals surface area contributed by atoms with Crippen LogP contribution in [0.5, 0.6) is 6.01 Å². The molecular formula is C29H31ClN10O4. The Hall–Kier alpha value is -4.87. The van der Waals surface area contributed by atoms with Crippen molar-refractivity contribution in [3.05, 3.63) is 53.7 Å². The number of hydrogen-bond donors (Lipinski definition) is 3. The molecule has 1 fully saturated rings. The van der Waals surface area contributed by atoms with Crippen molar-refractivity contribution in [1.29, 1.82) is 5.26 Å². The zero-order chi connectivity index (χ0) is 31.3. The zero-order valence-corrected chi connectivity index (χ0v) is 25.1. The molecule has 0 spiro atoms. The Labute approximate surface area is 258 Å². The highest BCUT2D eigenvalue weighted by Crippen LogP contribution is 2.31. The quantitative estimate of drug-likeness (QED) is 0.240. The lowest BCUT2D eigenvalue weighted by atomic mass is 9.90. The molecule has 3 N–H and O–H groups in total. The fourth-order valence-electron chi connectivity index (χ4n) is 4.83. The molecule has 0 aromatic carbocycles. The number of aromatic nitrogens is 7. The number of nitrogens with one attached hydrogen (secondary N) is 2. The van der Waals surface area contributed by atoms with Gasteiger partial charge in [-0.1, -0.05) is 11.6 Å². The van der Waals surface area contributed by atoms with Crippen molar-refractivity contribution in [2.24, 2.45) is 0 Å². The van der Waals surface area contributed by atoms with Gasteiger partial charge in [0.15, 0.2) is 0 Å². The van der Waals surface area contributed by atoms with E-state index in [2.05, 4.69) is 46.5 Å². The lowest BCUT2D eigenvalue weighted by Gasteiger charge is -2.36. The summed E-state index contributed by atoms with van der Waals surface area (Å²) in [6.07, 6.45) is 9.90. The average molecular weight is 619 g/mol. The first-order valence-electron chi connectivity index (χ1n) is 13.9. The maximum atomic E-state index is 13.4. The summed E-state index contributed by atoms with van der Waals surface area (Å²) in [5, 5.41) is 30.1. The number of ether oxygens (including phenoxy) is 2. The highest BCUT2D eigenvalue weighted by atomic mass is 35.5. The standard InChI is InChI=1S/C29H31ClN10O4/c1-29(2,42)16-44-28(41)40(23-9-4-17(11-32-23)19-13-34-27(43-3)35-14-19)21-7-5-20(6-8-21)37-26-33-12-18(10-31)24(38-26)25-22(30)15-36-39-25/h4,9,11-15,20-21,42H,5-8,16H2,1-3H3,(H,36,39)(H,33,37,38). The van der Waals surface area contributed by atoms with Crippen LogP contribution in [0.3, 0.4) is 0 Å². The van der Waals surface area contributed by atoms with E-state index in [4.69, 9.17) is 21.1 Å². The predicted molar refractivity (Wildman–Crippen MR) is 161 cm³/mol. The number of H-pyrrole nitrogens is 1. The molecule has 0 aliphatic heterocycles. The number of nitriles is 1. The van der Waals surface area contributed by atoms with Crippen molar-refractivity contribution in [1.82, 2.24) is 35.1 Å². The van der Waals surface area contributed by atoms with Crippen LogP contribution in [0.25, 0.3) is 22.5 Å². The van der Waals surface area contributed by atoms with Gasteiger partial charge in [0.1, 0.15) is 29.9 Å². The normalized spacial score (nSPS) is 16.5. The summed E-state index contributed by atoms with van der Waals surface area (Å²) in [4.78, 5) is 36.6. The van der Waals surface area contributed by atoms with Crippen LogP contribution < -0.4 is 15.0 Å². The minimum atomic E-state index is -1.19. The van der Waals surface area contributed by atoms with Gasteiger partial charge in [-0.15, -0.1) is 0 Å². The SMILES string of the molecule is COc1ncc(-c2ccc(N(C(=O)OCC(C)(C)O)C3CCC(Nc4ncc(C#N)c(-c5[nH]ncc5Cl)n4)CC3)nc2)cn1. The number of aliphatic hydroxyl groups is 1. The molecule has 1 aliphatic carbocycles. The first kappa shape index (κ1) is 30.6. The molecule has 1 amide bonds. The molecule has 1 saturated carbocycles. The van der Waals surface area contributed by atoms with Crippen LogP contribution in [0.15, 0.2) is 43.1 Å². The highest BCUT2D eigenvalue weighted by molar-refractivity contribution is 6.32. The number of anilines is 2. The molecule has 4 aromatic heterocycles. The van der Waals surface area contributed by atoms with Crippen LogP contribution in [0.2, 0.25) is 5.02 Å². The van der Waals surface area contributed by atoms with Crippen molar-refractivity contribution in [3.63, 3.8) is 0 Å². The van der Waals surface area contributed by atoms with Crippen LogP contribution in [0.1, 0.15) is 45.1 Å². The van der Waals surface area contributed by atoms with Gasteiger partial charge in [0, 0.05) is 41.8 Å². The molecular weight excluding hydrogens is 588 g/mol. The van der Waals surface area contributed by atoms with Crippen molar-refractivity contribution in [3.8, 4) is 34.6 Å². The maximum absolute atomic E-state index is 13.4. The molecule has 4 aromatic rings. The van der Waals surface area contributed by atoms with Crippen LogP contribution in [-0.4, -0.2) is 77.7 Å². The number of methoxy groups -OCH3 is 1. The summed E-state index contributed by atoms with van der Waals surface area (Å²) in [6, 6.07) is 5.75. The number of aromatic amines is 1. The van der Waals surface area contributed by atoms with Gasteiger partial charge in [0.25, 0.3) is 0 Å². The molecule has 1 aliphatic rings. The van der Waals surface area contributed by atoms with E-state index in [1.165, 1.54) is 19.5 Å². The number of pyridine rings is 1. The summed E-state index contributed by atoms with van der Waals surface area (Å²) in [7, 11) is 1.50. The first-order chi connectivity index (χ1) is 21.1. The van der Waals surface area contributed by atoms with E-state index in [1.807, 2.05) is 6.07 Å². The summed E-state index contributed by atoms with van der Waals surface area (Å²) < 4.78 is 10.5. The molecule has 5 rings (SSSR count). The summed E-state index contributed by atoms with van der Waals surface area (Å²) in [5.74, 6) is 0.783. The lowest BCUT2D eigenvalue weighted by Crippen LogP contribution is -2.46. The number of nitrogens with zero attached hydrogens (tertiary/aromatic N) is 8. The van der Waals surface area contributed by atoms with Crippen molar-refractivity contribution in [2.45, 2.75) is 57.2 Å². The first-order valence-corrected chi connectivity index (χ1v) is 14.3. The van der Waals surface area contributed by atoms with Gasteiger partial charge in [0.05, 0.1) is 35.7 Å². The van der Waals surface area contributed by atoms with Crippen LogP contribution in [0, 0.1) is 11.3 Å². The van der Waals surface area contributed by atoms with Crippen LogP contribution in [0.4, 0.5) is 16.6 Å². The monoisotopic (exact) mass is 618 g/mol. The number of halogens is 1. The number of carbonyl (C=O) groups excluding carboxylic acids is 1. The van der Waals surface area contributed by atoms with Gasteiger partial charge in [-0.2, -0.15) is 10.4 Å². The topological polar surface area (TPSA) is 188 Å². The molecule has 0 atom stereocenters. The molecule has 228 valence electrons. The summed E-state index contributed by atoms with van der Waals surface area (Å²) >= 11 is 6.21. The third-order valence-electron chi connectivity index (χ3n) is 7.02. The Bertz CT molecular complexity index is 1630. The maximum Gasteiger partial charge on any atom is 0.415 e. The fraction of sp³-hybridized carbons (Fsp3) is 0.379. The highest BCUT2D eigenvalue weighted by Gasteiger charge is 2.33. The molecule has 15 heteroatoms. The van der Waals surface area contributed by atoms with Gasteiger partial charge >= 0.3 is 12.1 Å². The smallest absolute Gasteiger partial charge is 0.415 e. The van der Waals surface area contributed by atoms with Gasteiger partial charge in [-0.05, 0) is 51.7 Å². The fourth-order valence-corrected chi connectivity index (χ4v) is 5.01. The number of amides is 1. The third kappa shape index (κ3) is 7.19. The molecule has 0 bridgehead atoms. The van der Waals surface area contributed by atoms with E-state index in [0.717, 1.165) is 11.1 Å². The molecule has 44 heavy (non-hydrogen) atoms. The second-order valence-corrected chi connectivity index (χ2v) is 11.3. The molecule has 0 saturated heterocycles. The largest absolute Gasteiger partial charge is 0.467 e. The third-order valence-corrected chi connectivity index (χ3v) is 7.31. The molecule has 4 heterocycles. The van der Waals surface area contributed by atoms with Gasteiger partial charge in [-0.25, -0.2) is 29.7 Å². The van der Waals surface area contributed by atoms with Gasteiger partial charge in [0.2, 0.25) is 5.95 Å². The Morgan fingerprint density at radius 2 is 1.84 bits per heavy atom. The van der Waals surface area contributed by atoms with Crippen molar-refractivity contribution in [2.75, 3.05) is 23.9 Å². The van der Waals surface area contributed by atoms with E-state index in [1.54, 1.807) is 43.4 Å². The van der Waals surface area contributed by atoms with Gasteiger partial charge < -0.3 is 19.9 Å². The van der Waals surface area contributed by atoms with E-state index >= 15 is 0 Å². The van der Waals surface area contributed by atoms with Crippen LogP contribution in [-0.2, 0) is 4.74 Å². The Morgan fingerprint density at radius 1 is 1.11 bits per heavy atom.